The van der Waals surface area contributed by atoms with Crippen LogP contribution in [0.3, 0.4) is 0 Å². The van der Waals surface area contributed by atoms with Crippen molar-refractivity contribution in [2.24, 2.45) is 5.73 Å². The van der Waals surface area contributed by atoms with Gasteiger partial charge in [-0.1, -0.05) is 25.5 Å². The molecule has 4 heteroatoms. The molecule has 0 saturated carbocycles. The van der Waals surface area contributed by atoms with Gasteiger partial charge in [0, 0.05) is 18.0 Å². The first kappa shape index (κ1) is 14.6. The lowest BCUT2D eigenvalue weighted by Crippen LogP contribution is -2.13. The quantitative estimate of drug-likeness (QED) is 0.813. The molecule has 0 aliphatic rings. The average Bonchev–Trinajstić information content (AvgIpc) is 2.95. The molecule has 1 aromatic carbocycles. The van der Waals surface area contributed by atoms with E-state index in [9.17, 15) is 0 Å². The van der Waals surface area contributed by atoms with E-state index in [4.69, 9.17) is 10.5 Å². The first-order valence-corrected chi connectivity index (χ1v) is 7.27. The summed E-state index contributed by atoms with van der Waals surface area (Å²) >= 11 is 0. The predicted molar refractivity (Wildman–Crippen MR) is 81.9 cm³/mol. The number of aromatic amines is 1. The highest BCUT2D eigenvalue weighted by Gasteiger charge is 2.14. The third-order valence-electron chi connectivity index (χ3n) is 3.38. The van der Waals surface area contributed by atoms with Crippen molar-refractivity contribution in [1.82, 2.24) is 9.97 Å². The van der Waals surface area contributed by atoms with Crippen molar-refractivity contribution in [2.75, 3.05) is 13.2 Å². The molecule has 1 heterocycles. The highest BCUT2D eigenvalue weighted by molar-refractivity contribution is 5.66. The minimum atomic E-state index is 0.299. The number of H-pyrrole nitrogens is 1. The molecular weight excluding hydrogens is 250 g/mol. The SMILES string of the molecule is CCCC(CN)c1ncc(-c2ccccc2OCC)[nH]1. The molecule has 1 unspecified atom stereocenters. The Morgan fingerprint density at radius 3 is 2.80 bits per heavy atom. The summed E-state index contributed by atoms with van der Waals surface area (Å²) in [6.07, 6.45) is 4.02. The van der Waals surface area contributed by atoms with Gasteiger partial charge in [-0.3, -0.25) is 0 Å². The van der Waals surface area contributed by atoms with Crippen LogP contribution in [0.25, 0.3) is 11.3 Å². The molecule has 0 radical (unpaired) electrons. The van der Waals surface area contributed by atoms with Crippen molar-refractivity contribution in [2.45, 2.75) is 32.6 Å². The lowest BCUT2D eigenvalue weighted by molar-refractivity contribution is 0.341. The summed E-state index contributed by atoms with van der Waals surface area (Å²) in [6.45, 7) is 5.42. The Labute approximate surface area is 120 Å². The highest BCUT2D eigenvalue weighted by atomic mass is 16.5. The molecule has 1 atom stereocenters. The second-order valence-corrected chi connectivity index (χ2v) is 4.83. The van der Waals surface area contributed by atoms with Gasteiger partial charge in [-0.2, -0.15) is 0 Å². The first-order valence-electron chi connectivity index (χ1n) is 7.27. The maximum atomic E-state index is 5.83. The highest BCUT2D eigenvalue weighted by Crippen LogP contribution is 2.29. The van der Waals surface area contributed by atoms with Gasteiger partial charge in [-0.05, 0) is 25.5 Å². The lowest BCUT2D eigenvalue weighted by Gasteiger charge is -2.11. The number of para-hydroxylation sites is 1. The summed E-state index contributed by atoms with van der Waals surface area (Å²) in [5, 5.41) is 0. The minimum Gasteiger partial charge on any atom is -0.493 e. The Kier molecular flexibility index (Phi) is 5.18. The van der Waals surface area contributed by atoms with Gasteiger partial charge < -0.3 is 15.5 Å². The van der Waals surface area contributed by atoms with E-state index in [0.717, 1.165) is 35.7 Å². The van der Waals surface area contributed by atoms with Crippen molar-refractivity contribution in [1.29, 1.82) is 0 Å². The number of ether oxygens (including phenoxy) is 1. The molecule has 0 bridgehead atoms. The van der Waals surface area contributed by atoms with Crippen LogP contribution in [0.2, 0.25) is 0 Å². The van der Waals surface area contributed by atoms with Crippen LogP contribution in [0.15, 0.2) is 30.5 Å². The standard InChI is InChI=1S/C16H23N3O/c1-3-7-12(10-17)16-18-11-14(19-16)13-8-5-6-9-15(13)20-4-2/h5-6,8-9,11-12H,3-4,7,10,17H2,1-2H3,(H,18,19). The van der Waals surface area contributed by atoms with Gasteiger partial charge in [0.15, 0.2) is 0 Å². The summed E-state index contributed by atoms with van der Waals surface area (Å²) in [6, 6.07) is 8.00. The van der Waals surface area contributed by atoms with Crippen LogP contribution in [0.4, 0.5) is 0 Å². The Balaban J connectivity index is 2.28. The van der Waals surface area contributed by atoms with Crippen LogP contribution >= 0.6 is 0 Å². The minimum absolute atomic E-state index is 0.299. The molecule has 0 aliphatic carbocycles. The Morgan fingerprint density at radius 1 is 1.30 bits per heavy atom. The third-order valence-corrected chi connectivity index (χ3v) is 3.38. The summed E-state index contributed by atoms with van der Waals surface area (Å²) in [5.41, 5.74) is 7.86. The molecule has 0 saturated heterocycles. The molecule has 3 N–H and O–H groups in total. The molecule has 2 aromatic rings. The number of nitrogens with zero attached hydrogens (tertiary/aromatic N) is 1. The fourth-order valence-electron chi connectivity index (χ4n) is 2.37. The molecule has 108 valence electrons. The average molecular weight is 273 g/mol. The molecule has 4 nitrogen and oxygen atoms in total. The van der Waals surface area contributed by atoms with Crippen molar-refractivity contribution in [3.63, 3.8) is 0 Å². The van der Waals surface area contributed by atoms with Crippen LogP contribution in [0, 0.1) is 0 Å². The molecule has 1 aromatic heterocycles. The largest absolute Gasteiger partial charge is 0.493 e. The zero-order valence-electron chi connectivity index (χ0n) is 12.2. The molecular formula is C16H23N3O. The zero-order valence-corrected chi connectivity index (χ0v) is 12.2. The number of hydrogen-bond donors (Lipinski definition) is 2. The number of hydrogen-bond acceptors (Lipinski definition) is 3. The van der Waals surface area contributed by atoms with E-state index in [1.54, 1.807) is 0 Å². The van der Waals surface area contributed by atoms with Gasteiger partial charge in [0.2, 0.25) is 0 Å². The number of nitrogens with one attached hydrogen (secondary N) is 1. The van der Waals surface area contributed by atoms with Gasteiger partial charge in [-0.25, -0.2) is 4.98 Å². The smallest absolute Gasteiger partial charge is 0.128 e. The zero-order chi connectivity index (χ0) is 14.4. The first-order chi connectivity index (χ1) is 9.80. The maximum absolute atomic E-state index is 5.83. The van der Waals surface area contributed by atoms with Gasteiger partial charge in [0.25, 0.3) is 0 Å². The number of nitrogens with two attached hydrogens (primary N) is 1. The summed E-state index contributed by atoms with van der Waals surface area (Å²) < 4.78 is 5.66. The van der Waals surface area contributed by atoms with Crippen molar-refractivity contribution in [3.05, 3.63) is 36.3 Å². The fourth-order valence-corrected chi connectivity index (χ4v) is 2.37. The van der Waals surface area contributed by atoms with E-state index in [1.165, 1.54) is 0 Å². The van der Waals surface area contributed by atoms with Crippen molar-refractivity contribution < 1.29 is 4.74 Å². The van der Waals surface area contributed by atoms with Gasteiger partial charge >= 0.3 is 0 Å². The van der Waals surface area contributed by atoms with E-state index in [2.05, 4.69) is 16.9 Å². The summed E-state index contributed by atoms with van der Waals surface area (Å²) in [4.78, 5) is 7.89. The number of rotatable bonds is 7. The van der Waals surface area contributed by atoms with Crippen molar-refractivity contribution in [3.8, 4) is 17.0 Å². The molecule has 0 amide bonds. The van der Waals surface area contributed by atoms with Crippen LogP contribution < -0.4 is 10.5 Å². The lowest BCUT2D eigenvalue weighted by atomic mass is 10.0. The normalized spacial score (nSPS) is 12.3. The monoisotopic (exact) mass is 273 g/mol. The molecule has 0 spiro atoms. The van der Waals surface area contributed by atoms with E-state index in [-0.39, 0.29) is 0 Å². The van der Waals surface area contributed by atoms with E-state index in [0.29, 0.717) is 19.1 Å². The van der Waals surface area contributed by atoms with E-state index in [1.807, 2.05) is 37.4 Å². The summed E-state index contributed by atoms with van der Waals surface area (Å²) in [5.74, 6) is 2.15. The molecule has 2 rings (SSSR count). The van der Waals surface area contributed by atoms with Gasteiger partial charge in [-0.15, -0.1) is 0 Å². The van der Waals surface area contributed by atoms with Gasteiger partial charge in [0.1, 0.15) is 11.6 Å². The van der Waals surface area contributed by atoms with Crippen LogP contribution in [-0.2, 0) is 0 Å². The number of aromatic nitrogens is 2. The van der Waals surface area contributed by atoms with Crippen molar-refractivity contribution >= 4 is 0 Å². The Hall–Kier alpha value is -1.81. The van der Waals surface area contributed by atoms with E-state index >= 15 is 0 Å². The molecule has 0 aliphatic heterocycles. The second-order valence-electron chi connectivity index (χ2n) is 4.83. The van der Waals surface area contributed by atoms with Crippen LogP contribution in [0.5, 0.6) is 5.75 Å². The fraction of sp³-hybridized carbons (Fsp3) is 0.438. The Bertz CT molecular complexity index is 536. The topological polar surface area (TPSA) is 63.9 Å². The summed E-state index contributed by atoms with van der Waals surface area (Å²) in [7, 11) is 0. The van der Waals surface area contributed by atoms with Gasteiger partial charge in [0.05, 0.1) is 18.5 Å². The Morgan fingerprint density at radius 2 is 2.10 bits per heavy atom. The number of benzene rings is 1. The van der Waals surface area contributed by atoms with Crippen LogP contribution in [-0.4, -0.2) is 23.1 Å². The number of imidazole rings is 1. The predicted octanol–water partition coefficient (Wildman–Crippen LogP) is 3.32. The molecule has 20 heavy (non-hydrogen) atoms. The third kappa shape index (κ3) is 3.20. The second kappa shape index (κ2) is 7.10. The van der Waals surface area contributed by atoms with Crippen LogP contribution in [0.1, 0.15) is 38.4 Å². The maximum Gasteiger partial charge on any atom is 0.128 e. The van der Waals surface area contributed by atoms with E-state index < -0.39 is 0 Å². The molecule has 0 fully saturated rings.